The summed E-state index contributed by atoms with van der Waals surface area (Å²) in [5.74, 6) is -11.9. The fraction of sp³-hybridized carbons (Fsp3) is 0.755. The van der Waals surface area contributed by atoms with E-state index in [9.17, 15) is 62.6 Å². The maximum absolute atomic E-state index is 13.2. The topological polar surface area (TPSA) is 410 Å². The van der Waals surface area contributed by atoms with Gasteiger partial charge in [-0.25, -0.2) is 0 Å². The Morgan fingerprint density at radius 2 is 0.512 bits per heavy atom. The molecule has 33 nitrogen and oxygen atoms in total. The van der Waals surface area contributed by atoms with E-state index in [1.54, 1.807) is 0 Å². The predicted molar refractivity (Wildman–Crippen MR) is 253 cm³/mol. The second-order valence-electron chi connectivity index (χ2n) is 18.5. The summed E-state index contributed by atoms with van der Waals surface area (Å²) in [6, 6.07) is 0. The van der Waals surface area contributed by atoms with Crippen LogP contribution >= 0.6 is 0 Å². The summed E-state index contributed by atoms with van der Waals surface area (Å²) in [5.41, 5.74) is 0. The minimum absolute atomic E-state index is 0.744. The van der Waals surface area contributed by atoms with Gasteiger partial charge < -0.3 is 99.8 Å². The predicted octanol–water partition coefficient (Wildman–Crippen LogP) is -2.25. The molecule has 462 valence electrons. The molecular weight excluding hydrogens is 1120 g/mol. The Hall–Kier alpha value is -6.72. The van der Waals surface area contributed by atoms with E-state index in [-0.39, 0.29) is 0 Å². The molecule has 0 amide bonds. The molecule has 4 saturated heterocycles. The van der Waals surface area contributed by atoms with Gasteiger partial charge in [-0.15, -0.1) is 0 Å². The normalized spacial score (nSPS) is 33.3. The Bertz CT molecular complexity index is 2300. The van der Waals surface area contributed by atoms with Gasteiger partial charge in [-0.3, -0.25) is 57.5 Å². The van der Waals surface area contributed by atoms with Gasteiger partial charge in [0, 0.05) is 90.2 Å². The lowest BCUT2D eigenvalue weighted by Gasteiger charge is -2.51. The van der Waals surface area contributed by atoms with Crippen molar-refractivity contribution in [1.82, 2.24) is 0 Å². The van der Waals surface area contributed by atoms with Crippen LogP contribution < -0.4 is 0 Å². The molecule has 33 heteroatoms. The summed E-state index contributed by atoms with van der Waals surface area (Å²) in [5, 5.41) is 12.5. The summed E-state index contributed by atoms with van der Waals surface area (Å²) in [4.78, 5) is 151. The Labute approximate surface area is 467 Å². The molecule has 4 heterocycles. The van der Waals surface area contributed by atoms with Crippen LogP contribution in [0.25, 0.3) is 0 Å². The Kier molecular flexibility index (Phi) is 25.7. The SMILES string of the molecule is CO[C@H]1O[C@H](COC(C)=O)[C@@H](OC(C)=O)[C@H](O[C@@H]2O[C@H](COC(C)=O)[C@@H](OC(C)=O)[C@H](O)[C@H]2O[C@@H]2O[C@H](COC(C)=O)[C@@H](OC(C)=O)[C@H](OC(C)=O)[C@H]2OC(C)=O)[C@H]1O[C@@H]1O[C@H](COC(C)=O)[C@@H](OC(C)=O)[C@H](OC(C)=O)[C@H]1OC(C)=O. The van der Waals surface area contributed by atoms with Crippen LogP contribution in [0.1, 0.15) is 83.1 Å². The van der Waals surface area contributed by atoms with Crippen molar-refractivity contribution in [1.29, 1.82) is 0 Å². The standard InChI is InChI=1S/C49H68O33/c1-18(50)64-14-30-35(68-22(5)54)34(62)39(80-48-44(74-28(11)60)40(72-26(9)58)36(69-23(6)55)32(78-48)16-66-20(3)52)47(77-30)81-42-38(71-25(8)57)31(15-65-19(2)51)76-46(63-13)43(42)82-49-45(75-29(12)61)41(73-27(10)59)37(70-24(7)56)33(79-49)17-67-21(4)53/h30-49,62H,14-17H2,1-13H3/t30-,31-,32-,33-,34+,35-,36-,37-,38-,39-,40+,41+,42+,43-,44-,45-,46+,47+,48+,49+/m1/s1. The molecule has 4 fully saturated rings. The molecule has 4 rings (SSSR count). The molecule has 0 aromatic heterocycles. The van der Waals surface area contributed by atoms with Crippen molar-refractivity contribution in [3.8, 4) is 0 Å². The summed E-state index contributed by atoms with van der Waals surface area (Å²) in [7, 11) is 1.07. The van der Waals surface area contributed by atoms with Gasteiger partial charge >= 0.3 is 71.6 Å². The lowest BCUT2D eigenvalue weighted by Crippen LogP contribution is -2.69. The molecule has 4 aliphatic rings. The molecular formula is C49H68O33. The van der Waals surface area contributed by atoms with Gasteiger partial charge in [0.25, 0.3) is 0 Å². The fourth-order valence-electron chi connectivity index (χ4n) is 8.92. The van der Waals surface area contributed by atoms with Gasteiger partial charge in [-0.2, -0.15) is 0 Å². The first-order valence-electron chi connectivity index (χ1n) is 25.1. The van der Waals surface area contributed by atoms with Crippen LogP contribution in [0.15, 0.2) is 0 Å². The van der Waals surface area contributed by atoms with Gasteiger partial charge in [0.1, 0.15) is 75.3 Å². The largest absolute Gasteiger partial charge is 0.463 e. The monoisotopic (exact) mass is 1180 g/mol. The number of hydrogen-bond acceptors (Lipinski definition) is 33. The number of carbonyl (C=O) groups is 12. The number of aliphatic hydroxyl groups excluding tert-OH is 1. The number of methoxy groups -OCH3 is 1. The number of rotatable bonds is 23. The highest BCUT2D eigenvalue weighted by Crippen LogP contribution is 2.40. The minimum atomic E-state index is -2.27. The van der Waals surface area contributed by atoms with Crippen molar-refractivity contribution in [2.24, 2.45) is 0 Å². The number of carbonyl (C=O) groups excluding carboxylic acids is 12. The lowest BCUT2D eigenvalue weighted by atomic mass is 9.95. The van der Waals surface area contributed by atoms with E-state index in [4.69, 9.17) is 94.7 Å². The van der Waals surface area contributed by atoms with Crippen molar-refractivity contribution in [3.05, 3.63) is 0 Å². The molecule has 1 N–H and O–H groups in total. The zero-order valence-corrected chi connectivity index (χ0v) is 46.9. The highest BCUT2D eigenvalue weighted by molar-refractivity contribution is 5.71. The molecule has 0 saturated carbocycles. The third kappa shape index (κ3) is 19.7. The Morgan fingerprint density at radius 3 is 0.817 bits per heavy atom. The van der Waals surface area contributed by atoms with Crippen LogP contribution in [0.4, 0.5) is 0 Å². The first kappa shape index (κ1) is 67.8. The van der Waals surface area contributed by atoms with E-state index in [0.717, 1.165) is 90.2 Å². The van der Waals surface area contributed by atoms with Crippen molar-refractivity contribution >= 4 is 71.6 Å². The minimum Gasteiger partial charge on any atom is -0.463 e. The average Bonchev–Trinajstić information content (AvgIpc) is 3.36. The average molecular weight is 1190 g/mol. The van der Waals surface area contributed by atoms with Gasteiger partial charge in [-0.05, 0) is 0 Å². The summed E-state index contributed by atoms with van der Waals surface area (Å²) >= 11 is 0. The van der Waals surface area contributed by atoms with Gasteiger partial charge in [0.15, 0.2) is 74.0 Å². The van der Waals surface area contributed by atoms with Gasteiger partial charge in [0.2, 0.25) is 0 Å². The first-order chi connectivity index (χ1) is 38.4. The van der Waals surface area contributed by atoms with E-state index in [1.807, 2.05) is 0 Å². The van der Waals surface area contributed by atoms with E-state index >= 15 is 0 Å². The number of aliphatic hydroxyl groups is 1. The highest BCUT2D eigenvalue weighted by atomic mass is 16.8. The quantitative estimate of drug-likeness (QED) is 0.0834. The molecule has 0 radical (unpaired) electrons. The smallest absolute Gasteiger partial charge is 0.303 e. The van der Waals surface area contributed by atoms with Crippen molar-refractivity contribution < 1.29 is 157 Å². The number of esters is 12. The lowest BCUT2D eigenvalue weighted by molar-refractivity contribution is -0.403. The second kappa shape index (κ2) is 31.1. The van der Waals surface area contributed by atoms with Crippen LogP contribution in [0.2, 0.25) is 0 Å². The van der Waals surface area contributed by atoms with E-state index < -0.39 is 221 Å². The fourth-order valence-corrected chi connectivity index (χ4v) is 8.92. The molecule has 0 unspecified atom stereocenters. The van der Waals surface area contributed by atoms with Crippen LogP contribution in [0, 0.1) is 0 Å². The molecule has 0 spiro atoms. The van der Waals surface area contributed by atoms with Crippen molar-refractivity contribution in [2.75, 3.05) is 33.5 Å². The third-order valence-electron chi connectivity index (χ3n) is 11.7. The van der Waals surface area contributed by atoms with Crippen LogP contribution in [-0.2, 0) is 152 Å². The summed E-state index contributed by atoms with van der Waals surface area (Å²) in [6.45, 7) is 8.54. The summed E-state index contributed by atoms with van der Waals surface area (Å²) in [6.07, 6.45) is -38.5. The zero-order chi connectivity index (χ0) is 61.4. The molecule has 82 heavy (non-hydrogen) atoms. The van der Waals surface area contributed by atoms with E-state index in [2.05, 4.69) is 0 Å². The Morgan fingerprint density at radius 1 is 0.280 bits per heavy atom. The Balaban J connectivity index is 2.06. The third-order valence-corrected chi connectivity index (χ3v) is 11.7. The second-order valence-corrected chi connectivity index (χ2v) is 18.5. The number of ether oxygens (including phenoxy) is 20. The molecule has 0 aromatic rings. The van der Waals surface area contributed by atoms with E-state index in [1.165, 1.54) is 0 Å². The molecule has 0 aliphatic carbocycles. The molecule has 0 bridgehead atoms. The zero-order valence-electron chi connectivity index (χ0n) is 46.9. The van der Waals surface area contributed by atoms with Crippen LogP contribution in [0.5, 0.6) is 0 Å². The highest BCUT2D eigenvalue weighted by Gasteiger charge is 2.61. The van der Waals surface area contributed by atoms with E-state index in [0.29, 0.717) is 0 Å². The molecule has 0 aromatic carbocycles. The maximum atomic E-state index is 13.2. The van der Waals surface area contributed by atoms with Gasteiger partial charge in [-0.1, -0.05) is 0 Å². The maximum Gasteiger partial charge on any atom is 0.303 e. The van der Waals surface area contributed by atoms with Crippen molar-refractivity contribution in [3.63, 3.8) is 0 Å². The molecule has 20 atom stereocenters. The van der Waals surface area contributed by atoms with Gasteiger partial charge in [0.05, 0.1) is 0 Å². The first-order valence-corrected chi connectivity index (χ1v) is 25.1. The van der Waals surface area contributed by atoms with Crippen LogP contribution in [-0.4, -0.2) is 233 Å². The number of hydrogen-bond donors (Lipinski definition) is 1. The summed E-state index contributed by atoms with van der Waals surface area (Å²) < 4.78 is 116. The molecule has 4 aliphatic heterocycles. The van der Waals surface area contributed by atoms with Crippen molar-refractivity contribution in [2.45, 2.75) is 206 Å². The van der Waals surface area contributed by atoms with Crippen LogP contribution in [0.3, 0.4) is 0 Å².